The lowest BCUT2D eigenvalue weighted by molar-refractivity contribution is 0.0696. The Hall–Kier alpha value is -4.44. The van der Waals surface area contributed by atoms with Crippen LogP contribution in [-0.2, 0) is 6.54 Å². The number of carboxylic acid groups (broad SMARTS) is 1. The maximum atomic E-state index is 13.2. The van der Waals surface area contributed by atoms with Crippen molar-refractivity contribution in [2.45, 2.75) is 25.4 Å². The first-order valence-electron chi connectivity index (χ1n) is 11.1. The summed E-state index contributed by atoms with van der Waals surface area (Å²) in [7, 11) is 0. The first-order chi connectivity index (χ1) is 17.4. The molecule has 0 atom stereocenters. The topological polar surface area (TPSA) is 132 Å². The molecule has 0 spiro atoms. The Kier molecular flexibility index (Phi) is 6.26. The minimum Gasteiger partial charge on any atom is -0.478 e. The van der Waals surface area contributed by atoms with E-state index in [4.69, 9.17) is 21.4 Å². The number of hydrogen-bond acceptors (Lipinski definition) is 6. The second kappa shape index (κ2) is 9.67. The Labute approximate surface area is 208 Å². The van der Waals surface area contributed by atoms with Gasteiger partial charge < -0.3 is 9.84 Å². The van der Waals surface area contributed by atoms with Crippen molar-refractivity contribution in [3.63, 3.8) is 0 Å². The Balaban J connectivity index is 1.49. The van der Waals surface area contributed by atoms with Crippen molar-refractivity contribution in [2.75, 3.05) is 0 Å². The Morgan fingerprint density at radius 3 is 2.47 bits per heavy atom. The molecule has 2 aromatic heterocycles. The number of nitrogens with one attached hydrogen (secondary N) is 1. The average Bonchev–Trinajstić information content (AvgIpc) is 3.69. The second-order valence-corrected chi connectivity index (χ2v) is 8.71. The maximum absolute atomic E-state index is 13.2. The number of aromatic amines is 1. The number of halogens is 1. The van der Waals surface area contributed by atoms with Crippen LogP contribution in [0.1, 0.15) is 34.8 Å². The summed E-state index contributed by atoms with van der Waals surface area (Å²) in [5.41, 5.74) is 0.496. The Morgan fingerprint density at radius 1 is 1.08 bits per heavy atom. The predicted octanol–water partition coefficient (Wildman–Crippen LogP) is 3.49. The molecule has 1 aliphatic rings. The fourth-order valence-corrected chi connectivity index (χ4v) is 3.75. The summed E-state index contributed by atoms with van der Waals surface area (Å²) in [6.07, 6.45) is 4.21. The number of carbonyl (C=O) groups is 1. The third-order valence-electron chi connectivity index (χ3n) is 5.56. The molecule has 0 radical (unpaired) electrons. The van der Waals surface area contributed by atoms with Gasteiger partial charge in [-0.2, -0.15) is 0 Å². The summed E-state index contributed by atoms with van der Waals surface area (Å²) in [4.78, 5) is 48.1. The number of H-pyrrole nitrogens is 1. The highest BCUT2D eigenvalue weighted by Gasteiger charge is 2.28. The smallest absolute Gasteiger partial charge is 0.337 e. The normalized spacial score (nSPS) is 13.5. The lowest BCUT2D eigenvalue weighted by atomic mass is 10.2. The lowest BCUT2D eigenvalue weighted by Gasteiger charge is -2.11. The summed E-state index contributed by atoms with van der Waals surface area (Å²) < 4.78 is 8.35. The number of hydrogen-bond donors (Lipinski definition) is 2. The van der Waals surface area contributed by atoms with Crippen molar-refractivity contribution >= 4 is 23.3 Å². The van der Waals surface area contributed by atoms with E-state index in [1.807, 2.05) is 12.1 Å². The van der Waals surface area contributed by atoms with E-state index >= 15 is 0 Å². The maximum Gasteiger partial charge on any atom is 0.337 e. The zero-order valence-electron chi connectivity index (χ0n) is 18.8. The summed E-state index contributed by atoms with van der Waals surface area (Å²) >= 11 is 5.99. The van der Waals surface area contributed by atoms with Crippen molar-refractivity contribution in [1.82, 2.24) is 19.1 Å². The van der Waals surface area contributed by atoms with E-state index in [0.717, 1.165) is 18.4 Å². The van der Waals surface area contributed by atoms with Crippen molar-refractivity contribution in [3.05, 3.63) is 110 Å². The van der Waals surface area contributed by atoms with Crippen molar-refractivity contribution in [2.24, 2.45) is 4.99 Å². The molecule has 1 fully saturated rings. The molecule has 1 saturated carbocycles. The van der Waals surface area contributed by atoms with Gasteiger partial charge >= 0.3 is 17.3 Å². The number of aromatic nitrogens is 4. The van der Waals surface area contributed by atoms with Gasteiger partial charge in [-0.05, 0) is 60.9 Å². The molecule has 36 heavy (non-hydrogen) atoms. The zero-order chi connectivity index (χ0) is 25.2. The van der Waals surface area contributed by atoms with Gasteiger partial charge in [0.1, 0.15) is 11.5 Å². The molecular weight excluding hydrogens is 486 g/mol. The molecule has 5 rings (SSSR count). The SMILES string of the molecule is O=C(O)c1cncc(Oc2ccc(/N=c3\[nH]c(=O)n(C4CC4)c(=O)n3Cc3ccc(Cl)cc3)cc2)c1. The van der Waals surface area contributed by atoms with E-state index in [1.54, 1.807) is 36.4 Å². The van der Waals surface area contributed by atoms with Crippen LogP contribution in [0.2, 0.25) is 5.02 Å². The fourth-order valence-electron chi connectivity index (χ4n) is 3.63. The second-order valence-electron chi connectivity index (χ2n) is 8.27. The molecule has 11 heteroatoms. The van der Waals surface area contributed by atoms with E-state index in [2.05, 4.69) is 15.0 Å². The van der Waals surface area contributed by atoms with Gasteiger partial charge in [0.25, 0.3) is 0 Å². The molecule has 0 aliphatic heterocycles. The van der Waals surface area contributed by atoms with Crippen molar-refractivity contribution in [1.29, 1.82) is 0 Å². The summed E-state index contributed by atoms with van der Waals surface area (Å²) in [6, 6.07) is 14.9. The van der Waals surface area contributed by atoms with Crippen LogP contribution in [0.25, 0.3) is 0 Å². The molecule has 0 saturated heterocycles. The van der Waals surface area contributed by atoms with Crippen LogP contribution < -0.4 is 21.7 Å². The van der Waals surface area contributed by atoms with E-state index in [-0.39, 0.29) is 29.5 Å². The minimum absolute atomic E-state index is 0.00856. The number of nitrogens with zero attached hydrogens (tertiary/aromatic N) is 4. The predicted molar refractivity (Wildman–Crippen MR) is 131 cm³/mol. The minimum atomic E-state index is -1.10. The number of pyridine rings is 1. The Morgan fingerprint density at radius 2 is 1.81 bits per heavy atom. The first kappa shape index (κ1) is 23.3. The average molecular weight is 506 g/mol. The zero-order valence-corrected chi connectivity index (χ0v) is 19.6. The van der Waals surface area contributed by atoms with E-state index < -0.39 is 17.3 Å². The van der Waals surface area contributed by atoms with Crippen molar-refractivity contribution in [3.8, 4) is 11.5 Å². The quantitative estimate of drug-likeness (QED) is 0.395. The standard InChI is InChI=1S/C25H20ClN5O5/c26-17-3-1-15(2-4-17)14-30-23(29-24(34)31(25(30)35)19-7-8-19)28-18-5-9-20(10-6-18)36-21-11-16(22(32)33)12-27-13-21/h1-6,9-13,19H,7-8,14H2,(H,32,33)(H,28,29,34). The molecular formula is C25H20ClN5O5. The third kappa shape index (κ3) is 5.13. The van der Waals surface area contributed by atoms with Gasteiger partial charge in [-0.25, -0.2) is 23.9 Å². The van der Waals surface area contributed by atoms with Crippen LogP contribution in [0.3, 0.4) is 0 Å². The monoisotopic (exact) mass is 505 g/mol. The molecule has 0 unspecified atom stereocenters. The Bertz CT molecular complexity index is 1620. The molecule has 2 N–H and O–H groups in total. The van der Waals surface area contributed by atoms with Crippen LogP contribution in [0.4, 0.5) is 5.69 Å². The highest BCUT2D eigenvalue weighted by molar-refractivity contribution is 6.30. The van der Waals surface area contributed by atoms with Crippen LogP contribution in [0, 0.1) is 0 Å². The highest BCUT2D eigenvalue weighted by Crippen LogP contribution is 2.31. The van der Waals surface area contributed by atoms with Gasteiger partial charge in [0.15, 0.2) is 0 Å². The molecule has 10 nitrogen and oxygen atoms in total. The number of carboxylic acids is 1. The molecule has 4 aromatic rings. The van der Waals surface area contributed by atoms with Gasteiger partial charge in [-0.15, -0.1) is 0 Å². The van der Waals surface area contributed by atoms with E-state index in [0.29, 0.717) is 16.5 Å². The van der Waals surface area contributed by atoms with Crippen LogP contribution in [0.5, 0.6) is 11.5 Å². The van der Waals surface area contributed by atoms with E-state index in [9.17, 15) is 14.4 Å². The fraction of sp³-hybridized carbons (Fsp3) is 0.160. The molecule has 1 aliphatic carbocycles. The van der Waals surface area contributed by atoms with Crippen LogP contribution in [-0.4, -0.2) is 30.2 Å². The molecule has 0 bridgehead atoms. The number of benzene rings is 2. The molecule has 182 valence electrons. The largest absolute Gasteiger partial charge is 0.478 e. The summed E-state index contributed by atoms with van der Waals surface area (Å²) in [5, 5.41) is 9.69. The van der Waals surface area contributed by atoms with Gasteiger partial charge in [0, 0.05) is 17.3 Å². The van der Waals surface area contributed by atoms with Crippen LogP contribution >= 0.6 is 11.6 Å². The third-order valence-corrected chi connectivity index (χ3v) is 5.82. The lowest BCUT2D eigenvalue weighted by Crippen LogP contribution is -2.49. The summed E-state index contributed by atoms with van der Waals surface area (Å²) in [5.74, 6) is -0.398. The molecule has 0 amide bonds. The summed E-state index contributed by atoms with van der Waals surface area (Å²) in [6.45, 7) is 0.201. The number of aromatic carboxylic acids is 1. The van der Waals surface area contributed by atoms with Gasteiger partial charge in [0.05, 0.1) is 24.0 Å². The van der Waals surface area contributed by atoms with Crippen molar-refractivity contribution < 1.29 is 14.6 Å². The van der Waals surface area contributed by atoms with Crippen LogP contribution in [0.15, 0.2) is 81.6 Å². The van der Waals surface area contributed by atoms with Gasteiger partial charge in [0.2, 0.25) is 5.62 Å². The van der Waals surface area contributed by atoms with Gasteiger partial charge in [-0.3, -0.25) is 14.5 Å². The van der Waals surface area contributed by atoms with E-state index in [1.165, 1.54) is 27.6 Å². The van der Waals surface area contributed by atoms with Gasteiger partial charge in [-0.1, -0.05) is 23.7 Å². The highest BCUT2D eigenvalue weighted by atomic mass is 35.5. The molecule has 2 aromatic carbocycles. The first-order valence-corrected chi connectivity index (χ1v) is 11.5. The molecule has 2 heterocycles. The number of rotatable bonds is 7. The number of ether oxygens (including phenoxy) is 1.